The van der Waals surface area contributed by atoms with E-state index in [1.54, 1.807) is 24.3 Å². The summed E-state index contributed by atoms with van der Waals surface area (Å²) in [7, 11) is 0. The maximum absolute atomic E-state index is 13.2. The van der Waals surface area contributed by atoms with Gasteiger partial charge < -0.3 is 10.1 Å². The number of nitrogens with zero attached hydrogens (tertiary/aromatic N) is 1. The van der Waals surface area contributed by atoms with Gasteiger partial charge in [0.2, 0.25) is 0 Å². The first-order chi connectivity index (χ1) is 16.4. The molecule has 1 N–H and O–H groups in total. The van der Waals surface area contributed by atoms with E-state index < -0.39 is 23.6 Å². The van der Waals surface area contributed by atoms with E-state index in [1.807, 2.05) is 12.1 Å². The molecule has 4 rings (SSSR count). The van der Waals surface area contributed by atoms with Gasteiger partial charge in [-0.05, 0) is 72.6 Å². The van der Waals surface area contributed by atoms with Crippen molar-refractivity contribution in [3.8, 4) is 5.75 Å². The van der Waals surface area contributed by atoms with Crippen molar-refractivity contribution in [3.05, 3.63) is 100 Å². The Hall–Kier alpha value is -3.97. The van der Waals surface area contributed by atoms with Gasteiger partial charge in [0, 0.05) is 5.69 Å². The Kier molecular flexibility index (Phi) is 6.75. The molecule has 0 fully saturated rings. The van der Waals surface area contributed by atoms with Crippen LogP contribution in [-0.2, 0) is 16.0 Å². The van der Waals surface area contributed by atoms with E-state index in [9.17, 15) is 18.8 Å². The van der Waals surface area contributed by atoms with E-state index in [2.05, 4.69) is 12.2 Å². The predicted octanol–water partition coefficient (Wildman–Crippen LogP) is 5.43. The SMILES string of the molecule is CCCc1ccc(OC(=O)c2ccc(NC3=C(Cl)C(=O)N(c4ccc(F)cc4)C3=O)cc2)cc1. The first kappa shape index (κ1) is 23.2. The molecular formula is C26H20ClFN2O4. The zero-order chi connectivity index (χ0) is 24.2. The zero-order valence-electron chi connectivity index (χ0n) is 18.2. The number of hydrogen-bond acceptors (Lipinski definition) is 5. The van der Waals surface area contributed by atoms with E-state index in [0.29, 0.717) is 17.0 Å². The number of carbonyl (C=O) groups is 3. The molecule has 1 aliphatic heterocycles. The van der Waals surface area contributed by atoms with Crippen LogP contribution in [0.4, 0.5) is 15.8 Å². The summed E-state index contributed by atoms with van der Waals surface area (Å²) in [6.07, 6.45) is 1.99. The number of carbonyl (C=O) groups excluding carboxylic acids is 3. The molecule has 0 spiro atoms. The summed E-state index contributed by atoms with van der Waals surface area (Å²) in [5.74, 6) is -1.96. The number of rotatable bonds is 7. The second-order valence-corrected chi connectivity index (χ2v) is 7.97. The van der Waals surface area contributed by atoms with Crippen LogP contribution in [0.2, 0.25) is 0 Å². The van der Waals surface area contributed by atoms with E-state index >= 15 is 0 Å². The molecule has 0 unspecified atom stereocenters. The molecule has 0 radical (unpaired) electrons. The van der Waals surface area contributed by atoms with Crippen LogP contribution in [0, 0.1) is 5.82 Å². The molecule has 0 aromatic heterocycles. The zero-order valence-corrected chi connectivity index (χ0v) is 18.9. The molecule has 0 saturated carbocycles. The van der Waals surface area contributed by atoms with Crippen molar-refractivity contribution in [3.63, 3.8) is 0 Å². The molecule has 8 heteroatoms. The lowest BCUT2D eigenvalue weighted by Gasteiger charge is -2.15. The summed E-state index contributed by atoms with van der Waals surface area (Å²) in [5, 5.41) is 2.54. The average molecular weight is 479 g/mol. The number of aryl methyl sites for hydroxylation is 1. The van der Waals surface area contributed by atoms with Gasteiger partial charge in [-0.1, -0.05) is 37.1 Å². The van der Waals surface area contributed by atoms with Crippen molar-refractivity contribution in [1.29, 1.82) is 0 Å². The number of ether oxygens (including phenoxy) is 1. The van der Waals surface area contributed by atoms with Gasteiger partial charge in [-0.2, -0.15) is 0 Å². The summed E-state index contributed by atoms with van der Waals surface area (Å²) < 4.78 is 18.6. The minimum Gasteiger partial charge on any atom is -0.423 e. The van der Waals surface area contributed by atoms with Gasteiger partial charge in [-0.3, -0.25) is 9.59 Å². The standard InChI is InChI=1S/C26H20ClFN2O4/c1-2-3-16-4-14-21(15-5-16)34-26(33)17-6-10-19(11-7-17)29-23-22(27)24(31)30(25(23)32)20-12-8-18(28)9-13-20/h4-15,29H,2-3H2,1H3. The van der Waals surface area contributed by atoms with Crippen LogP contribution in [0.5, 0.6) is 5.75 Å². The fourth-order valence-corrected chi connectivity index (χ4v) is 3.66. The molecule has 1 heterocycles. The van der Waals surface area contributed by atoms with E-state index in [-0.39, 0.29) is 16.4 Å². The van der Waals surface area contributed by atoms with Gasteiger partial charge in [0.25, 0.3) is 11.8 Å². The first-order valence-corrected chi connectivity index (χ1v) is 11.0. The van der Waals surface area contributed by atoms with Crippen molar-refractivity contribution in [2.75, 3.05) is 10.2 Å². The first-order valence-electron chi connectivity index (χ1n) is 10.6. The van der Waals surface area contributed by atoms with E-state index in [4.69, 9.17) is 16.3 Å². The van der Waals surface area contributed by atoms with Crippen LogP contribution in [0.3, 0.4) is 0 Å². The number of halogens is 2. The third-order valence-corrected chi connectivity index (χ3v) is 5.53. The van der Waals surface area contributed by atoms with Gasteiger partial charge in [0.05, 0.1) is 11.3 Å². The van der Waals surface area contributed by atoms with Crippen molar-refractivity contribution >= 4 is 40.8 Å². The van der Waals surface area contributed by atoms with Crippen molar-refractivity contribution < 1.29 is 23.5 Å². The highest BCUT2D eigenvalue weighted by Crippen LogP contribution is 2.30. The molecule has 3 aromatic rings. The Morgan fingerprint density at radius 2 is 1.59 bits per heavy atom. The van der Waals surface area contributed by atoms with E-state index in [1.165, 1.54) is 29.8 Å². The Labute approximate surface area is 200 Å². The number of nitrogens with one attached hydrogen (secondary N) is 1. The molecule has 2 amide bonds. The normalized spacial score (nSPS) is 13.4. The van der Waals surface area contributed by atoms with Gasteiger partial charge in [0.15, 0.2) is 0 Å². The molecule has 34 heavy (non-hydrogen) atoms. The van der Waals surface area contributed by atoms with Crippen LogP contribution < -0.4 is 15.0 Å². The summed E-state index contributed by atoms with van der Waals surface area (Å²) in [6.45, 7) is 2.10. The Morgan fingerprint density at radius 1 is 0.941 bits per heavy atom. The largest absolute Gasteiger partial charge is 0.423 e. The number of esters is 1. The minimum absolute atomic E-state index is 0.113. The highest BCUT2D eigenvalue weighted by molar-refractivity contribution is 6.53. The molecule has 6 nitrogen and oxygen atoms in total. The second kappa shape index (κ2) is 9.89. The Bertz CT molecular complexity index is 1270. The Morgan fingerprint density at radius 3 is 2.21 bits per heavy atom. The van der Waals surface area contributed by atoms with Crippen molar-refractivity contribution in [2.45, 2.75) is 19.8 Å². The number of amides is 2. The van der Waals surface area contributed by atoms with Gasteiger partial charge in [0.1, 0.15) is 22.3 Å². The lowest BCUT2D eigenvalue weighted by atomic mass is 10.1. The summed E-state index contributed by atoms with van der Waals surface area (Å²) in [5.41, 5.74) is 2.01. The topological polar surface area (TPSA) is 75.7 Å². The van der Waals surface area contributed by atoms with Gasteiger partial charge in [-0.15, -0.1) is 0 Å². The molecule has 0 aliphatic carbocycles. The van der Waals surface area contributed by atoms with Crippen molar-refractivity contribution in [1.82, 2.24) is 0 Å². The quantitative estimate of drug-likeness (QED) is 0.278. The molecule has 172 valence electrons. The van der Waals surface area contributed by atoms with E-state index in [0.717, 1.165) is 29.9 Å². The number of imide groups is 1. The minimum atomic E-state index is -0.717. The molecule has 0 saturated heterocycles. The number of hydrogen-bond donors (Lipinski definition) is 1. The van der Waals surface area contributed by atoms with Crippen LogP contribution in [0.25, 0.3) is 0 Å². The van der Waals surface area contributed by atoms with Crippen molar-refractivity contribution in [2.24, 2.45) is 0 Å². The third-order valence-electron chi connectivity index (χ3n) is 5.17. The van der Waals surface area contributed by atoms with Gasteiger partial charge in [-0.25, -0.2) is 14.1 Å². The van der Waals surface area contributed by atoms with Gasteiger partial charge >= 0.3 is 5.97 Å². The monoisotopic (exact) mass is 478 g/mol. The third kappa shape index (κ3) is 4.84. The summed E-state index contributed by atoms with van der Waals surface area (Å²) in [6, 6.07) is 18.5. The van der Waals surface area contributed by atoms with Crippen LogP contribution >= 0.6 is 11.6 Å². The predicted molar refractivity (Wildman–Crippen MR) is 127 cm³/mol. The second-order valence-electron chi connectivity index (χ2n) is 7.60. The highest BCUT2D eigenvalue weighted by atomic mass is 35.5. The van der Waals surface area contributed by atoms with Crippen LogP contribution in [0.15, 0.2) is 83.5 Å². The number of benzene rings is 3. The lowest BCUT2D eigenvalue weighted by molar-refractivity contribution is -0.120. The summed E-state index contributed by atoms with van der Waals surface area (Å²) >= 11 is 6.11. The lowest BCUT2D eigenvalue weighted by Crippen LogP contribution is -2.32. The fourth-order valence-electron chi connectivity index (χ4n) is 3.45. The maximum Gasteiger partial charge on any atom is 0.343 e. The maximum atomic E-state index is 13.2. The molecule has 0 bridgehead atoms. The summed E-state index contributed by atoms with van der Waals surface area (Å²) in [4.78, 5) is 38.6. The van der Waals surface area contributed by atoms with Crippen LogP contribution in [-0.4, -0.2) is 17.8 Å². The number of anilines is 2. The smallest absolute Gasteiger partial charge is 0.343 e. The molecule has 0 atom stereocenters. The molecule has 1 aliphatic rings. The molecule has 3 aromatic carbocycles. The average Bonchev–Trinajstić information content (AvgIpc) is 3.04. The fraction of sp³-hybridized carbons (Fsp3) is 0.115. The van der Waals surface area contributed by atoms with Crippen LogP contribution in [0.1, 0.15) is 29.3 Å². The Balaban J connectivity index is 1.43. The highest BCUT2D eigenvalue weighted by Gasteiger charge is 2.38. The molecular weight excluding hydrogens is 459 g/mol.